The van der Waals surface area contributed by atoms with Crippen LogP contribution in [0.15, 0.2) is 28.1 Å². The Balaban J connectivity index is 2.62. The molecular formula is C18H19N3O4. The van der Waals surface area contributed by atoms with Crippen LogP contribution in [0.3, 0.4) is 0 Å². The average molecular weight is 341 g/mol. The van der Waals surface area contributed by atoms with Gasteiger partial charge in [0.25, 0.3) is 5.56 Å². The van der Waals surface area contributed by atoms with Crippen LogP contribution in [-0.2, 0) is 0 Å². The number of aromatic nitrogens is 1. The molecule has 0 aliphatic heterocycles. The summed E-state index contributed by atoms with van der Waals surface area (Å²) in [6.45, 7) is 3.46. The van der Waals surface area contributed by atoms with Gasteiger partial charge in [0.05, 0.1) is 33.1 Å². The Kier molecular flexibility index (Phi) is 5.45. The molecule has 130 valence electrons. The Hall–Kier alpha value is -3.27. The minimum Gasteiger partial charge on any atom is -0.496 e. The molecule has 0 aliphatic carbocycles. The van der Waals surface area contributed by atoms with Crippen LogP contribution in [0.25, 0.3) is 0 Å². The Morgan fingerprint density at radius 1 is 1.08 bits per heavy atom. The molecule has 0 N–H and O–H groups in total. The van der Waals surface area contributed by atoms with Gasteiger partial charge < -0.3 is 14.2 Å². The summed E-state index contributed by atoms with van der Waals surface area (Å²) in [6, 6.07) is 7.03. The first-order chi connectivity index (χ1) is 12.0. The fourth-order valence-electron chi connectivity index (χ4n) is 2.44. The first-order valence-electron chi connectivity index (χ1n) is 7.44. The number of nitrogens with zero attached hydrogens (tertiary/aromatic N) is 3. The van der Waals surface area contributed by atoms with Crippen LogP contribution in [0.1, 0.15) is 22.4 Å². The lowest BCUT2D eigenvalue weighted by Gasteiger charge is -2.12. The molecule has 1 heterocycles. The molecule has 7 nitrogen and oxygen atoms in total. The quantitative estimate of drug-likeness (QED) is 0.779. The van der Waals surface area contributed by atoms with Crippen LogP contribution in [0.4, 0.5) is 0 Å². The van der Waals surface area contributed by atoms with Gasteiger partial charge in [0.2, 0.25) is 0 Å². The predicted octanol–water partition coefficient (Wildman–Crippen LogP) is 2.24. The van der Waals surface area contributed by atoms with E-state index in [0.717, 1.165) is 0 Å². The number of hydrogen-bond donors (Lipinski definition) is 0. The summed E-state index contributed by atoms with van der Waals surface area (Å²) in [4.78, 5) is 12.4. The summed E-state index contributed by atoms with van der Waals surface area (Å²) in [7, 11) is 4.58. The summed E-state index contributed by atoms with van der Waals surface area (Å²) in [5, 5.41) is 13.4. The van der Waals surface area contributed by atoms with E-state index in [9.17, 15) is 4.79 Å². The van der Waals surface area contributed by atoms with Crippen molar-refractivity contribution >= 4 is 6.21 Å². The lowest BCUT2D eigenvalue weighted by molar-refractivity contribution is 0.374. The molecule has 0 radical (unpaired) electrons. The molecule has 2 aromatic rings. The molecule has 25 heavy (non-hydrogen) atoms. The van der Waals surface area contributed by atoms with Gasteiger partial charge in [-0.25, -0.2) is 4.68 Å². The summed E-state index contributed by atoms with van der Waals surface area (Å²) in [5.41, 5.74) is 1.38. The maximum atomic E-state index is 12.4. The third-order valence-electron chi connectivity index (χ3n) is 3.73. The summed E-state index contributed by atoms with van der Waals surface area (Å²) in [6.07, 6.45) is 1.46. The summed E-state index contributed by atoms with van der Waals surface area (Å²) < 4.78 is 17.1. The second-order valence-corrected chi connectivity index (χ2v) is 5.26. The highest BCUT2D eigenvalue weighted by Gasteiger charge is 2.13. The number of pyridine rings is 1. The van der Waals surface area contributed by atoms with Crippen LogP contribution in [0, 0.1) is 25.2 Å². The van der Waals surface area contributed by atoms with E-state index in [-0.39, 0.29) is 5.56 Å². The van der Waals surface area contributed by atoms with Gasteiger partial charge in [-0.2, -0.15) is 10.4 Å². The van der Waals surface area contributed by atoms with Gasteiger partial charge in [0, 0.05) is 17.8 Å². The second kappa shape index (κ2) is 7.53. The molecule has 0 unspecified atom stereocenters. The first kappa shape index (κ1) is 18.1. The fourth-order valence-corrected chi connectivity index (χ4v) is 2.44. The highest BCUT2D eigenvalue weighted by molar-refractivity contribution is 5.88. The minimum atomic E-state index is -0.470. The monoisotopic (exact) mass is 341 g/mol. The topological polar surface area (TPSA) is 85.8 Å². The van der Waals surface area contributed by atoms with Crippen LogP contribution < -0.4 is 19.8 Å². The smallest absolute Gasteiger partial charge is 0.289 e. The molecule has 0 fully saturated rings. The van der Waals surface area contributed by atoms with Crippen molar-refractivity contribution in [1.29, 1.82) is 5.26 Å². The third-order valence-corrected chi connectivity index (χ3v) is 3.73. The number of benzene rings is 1. The fraction of sp³-hybridized carbons (Fsp3) is 0.278. The van der Waals surface area contributed by atoms with Gasteiger partial charge in [-0.1, -0.05) is 0 Å². The van der Waals surface area contributed by atoms with Crippen molar-refractivity contribution in [2.75, 3.05) is 21.3 Å². The van der Waals surface area contributed by atoms with Crippen LogP contribution >= 0.6 is 0 Å². The minimum absolute atomic E-state index is 0.0661. The van der Waals surface area contributed by atoms with Gasteiger partial charge in [-0.15, -0.1) is 0 Å². The molecular weight excluding hydrogens is 322 g/mol. The molecule has 1 aromatic carbocycles. The number of nitriles is 1. The molecule has 0 aliphatic rings. The lowest BCUT2D eigenvalue weighted by Crippen LogP contribution is -2.22. The Morgan fingerprint density at radius 2 is 1.68 bits per heavy atom. The average Bonchev–Trinajstić information content (AvgIpc) is 2.61. The van der Waals surface area contributed by atoms with Gasteiger partial charge in [-0.3, -0.25) is 4.79 Å². The zero-order chi connectivity index (χ0) is 18.6. The Labute approximate surface area is 145 Å². The SMILES string of the molecule is COc1cc(OC)c(/C=N\n2c(C)cc(C)c(C#N)c2=O)c(OC)c1. The summed E-state index contributed by atoms with van der Waals surface area (Å²) in [5.74, 6) is 1.54. The van der Waals surface area contributed by atoms with Crippen molar-refractivity contribution in [3.8, 4) is 23.3 Å². The maximum Gasteiger partial charge on any atom is 0.289 e. The highest BCUT2D eigenvalue weighted by atomic mass is 16.5. The number of ether oxygens (including phenoxy) is 3. The number of rotatable bonds is 5. The van der Waals surface area contributed by atoms with E-state index in [1.165, 1.54) is 25.1 Å². The van der Waals surface area contributed by atoms with Gasteiger partial charge in [0.15, 0.2) is 0 Å². The number of aryl methyl sites for hydroxylation is 2. The zero-order valence-electron chi connectivity index (χ0n) is 14.8. The van der Waals surface area contributed by atoms with Gasteiger partial charge in [-0.05, 0) is 25.5 Å². The Bertz CT molecular complexity index is 898. The molecule has 0 amide bonds. The molecule has 2 rings (SSSR count). The predicted molar refractivity (Wildman–Crippen MR) is 94.0 cm³/mol. The third kappa shape index (κ3) is 3.48. The second-order valence-electron chi connectivity index (χ2n) is 5.26. The van der Waals surface area contributed by atoms with E-state index < -0.39 is 5.56 Å². The molecule has 1 aromatic heterocycles. The van der Waals surface area contributed by atoms with Crippen molar-refractivity contribution in [2.24, 2.45) is 5.10 Å². The first-order valence-corrected chi connectivity index (χ1v) is 7.44. The number of hydrogen-bond acceptors (Lipinski definition) is 6. The Morgan fingerprint density at radius 3 is 2.16 bits per heavy atom. The van der Waals surface area contributed by atoms with E-state index in [1.54, 1.807) is 39.2 Å². The van der Waals surface area contributed by atoms with Crippen LogP contribution in [-0.4, -0.2) is 32.2 Å². The van der Waals surface area contributed by atoms with Gasteiger partial charge >= 0.3 is 0 Å². The van der Waals surface area contributed by atoms with Crippen molar-refractivity contribution in [2.45, 2.75) is 13.8 Å². The van der Waals surface area contributed by atoms with Crippen molar-refractivity contribution in [1.82, 2.24) is 4.68 Å². The van der Waals surface area contributed by atoms with Gasteiger partial charge in [0.1, 0.15) is 28.9 Å². The van der Waals surface area contributed by atoms with E-state index in [2.05, 4.69) is 5.10 Å². The molecule has 0 saturated heterocycles. The maximum absolute atomic E-state index is 12.4. The summed E-state index contributed by atoms with van der Waals surface area (Å²) >= 11 is 0. The molecule has 0 atom stereocenters. The van der Waals surface area contributed by atoms with Crippen molar-refractivity contribution < 1.29 is 14.2 Å². The highest BCUT2D eigenvalue weighted by Crippen LogP contribution is 2.32. The zero-order valence-corrected chi connectivity index (χ0v) is 14.8. The molecule has 0 saturated carbocycles. The largest absolute Gasteiger partial charge is 0.496 e. The van der Waals surface area contributed by atoms with E-state index in [4.69, 9.17) is 19.5 Å². The molecule has 7 heteroatoms. The van der Waals surface area contributed by atoms with Crippen molar-refractivity contribution in [3.05, 3.63) is 50.9 Å². The van der Waals surface area contributed by atoms with E-state index >= 15 is 0 Å². The van der Waals surface area contributed by atoms with Crippen LogP contribution in [0.2, 0.25) is 0 Å². The van der Waals surface area contributed by atoms with E-state index in [0.29, 0.717) is 34.1 Å². The normalized spacial score (nSPS) is 10.6. The van der Waals surface area contributed by atoms with Crippen LogP contribution in [0.5, 0.6) is 17.2 Å². The lowest BCUT2D eigenvalue weighted by atomic mass is 10.1. The standard InChI is InChI=1S/C18H19N3O4/c1-11-6-12(2)21(18(22)14(11)9-19)20-10-15-16(24-4)7-13(23-3)8-17(15)25-5/h6-8,10H,1-5H3/b20-10-. The van der Waals surface area contributed by atoms with Crippen molar-refractivity contribution in [3.63, 3.8) is 0 Å². The van der Waals surface area contributed by atoms with E-state index in [1.807, 2.05) is 6.07 Å². The number of methoxy groups -OCH3 is 3. The molecule has 0 bridgehead atoms. The molecule has 0 spiro atoms.